The number of benzene rings is 2. The van der Waals surface area contributed by atoms with E-state index in [1.807, 2.05) is 17.7 Å². The normalized spacial score (nSPS) is 16.6. The van der Waals surface area contributed by atoms with Gasteiger partial charge in [-0.15, -0.1) is 0 Å². The molecular weight excluding hydrogens is 395 g/mol. The number of halogens is 2. The van der Waals surface area contributed by atoms with E-state index < -0.39 is 5.82 Å². The van der Waals surface area contributed by atoms with Gasteiger partial charge in [-0.1, -0.05) is 23.7 Å². The molecule has 0 radical (unpaired) electrons. The monoisotopic (exact) mass is 414 g/mol. The van der Waals surface area contributed by atoms with E-state index in [9.17, 15) is 14.0 Å². The highest BCUT2D eigenvalue weighted by Crippen LogP contribution is 2.24. The van der Waals surface area contributed by atoms with Crippen molar-refractivity contribution >= 4 is 40.1 Å². The Balaban J connectivity index is 1.36. The van der Waals surface area contributed by atoms with Crippen LogP contribution in [0.3, 0.4) is 0 Å². The maximum atomic E-state index is 14.0. The van der Waals surface area contributed by atoms with Crippen molar-refractivity contribution in [3.05, 3.63) is 59.1 Å². The highest BCUT2D eigenvalue weighted by molar-refractivity contribution is 6.31. The van der Waals surface area contributed by atoms with Crippen molar-refractivity contribution in [3.63, 3.8) is 0 Å². The molecule has 1 atom stereocenters. The van der Waals surface area contributed by atoms with Gasteiger partial charge in [-0.05, 0) is 30.3 Å². The summed E-state index contributed by atoms with van der Waals surface area (Å²) in [5.41, 5.74) is 1.98. The number of hydrogen-bond donors (Lipinski definition) is 1. The summed E-state index contributed by atoms with van der Waals surface area (Å²) in [4.78, 5) is 30.6. The molecule has 29 heavy (non-hydrogen) atoms. The predicted octanol–water partition coefficient (Wildman–Crippen LogP) is 3.22. The molecule has 150 valence electrons. The zero-order valence-corrected chi connectivity index (χ0v) is 16.6. The molecule has 6 nitrogen and oxygen atoms in total. The molecule has 1 unspecified atom stereocenters. The zero-order valence-electron chi connectivity index (χ0n) is 15.9. The number of fused-ring (bicyclic) bond motifs is 1. The molecule has 2 aromatic carbocycles. The van der Waals surface area contributed by atoms with Gasteiger partial charge in [0.1, 0.15) is 11.6 Å². The predicted molar refractivity (Wildman–Crippen MR) is 109 cm³/mol. The van der Waals surface area contributed by atoms with E-state index in [1.165, 1.54) is 11.0 Å². The van der Waals surface area contributed by atoms with Gasteiger partial charge < -0.3 is 14.8 Å². The molecule has 2 heterocycles. The van der Waals surface area contributed by atoms with Crippen molar-refractivity contribution in [1.82, 2.24) is 14.9 Å². The van der Waals surface area contributed by atoms with Crippen molar-refractivity contribution < 1.29 is 14.0 Å². The van der Waals surface area contributed by atoms with Gasteiger partial charge in [0.15, 0.2) is 0 Å². The first-order chi connectivity index (χ1) is 13.9. The van der Waals surface area contributed by atoms with Crippen LogP contribution in [-0.2, 0) is 23.1 Å². The molecule has 0 saturated carbocycles. The Morgan fingerprint density at radius 3 is 2.90 bits per heavy atom. The molecule has 8 heteroatoms. The van der Waals surface area contributed by atoms with Crippen molar-refractivity contribution in [1.29, 1.82) is 0 Å². The number of nitrogens with zero attached hydrogens (tertiary/aromatic N) is 3. The molecule has 1 N–H and O–H groups in total. The van der Waals surface area contributed by atoms with E-state index in [2.05, 4.69) is 10.3 Å². The lowest BCUT2D eigenvalue weighted by Gasteiger charge is -2.17. The van der Waals surface area contributed by atoms with Gasteiger partial charge in [0, 0.05) is 37.9 Å². The Labute approximate surface area is 172 Å². The molecule has 1 saturated heterocycles. The fraction of sp³-hybridized carbons (Fsp3) is 0.286. The number of aryl methyl sites for hydroxylation is 2. The summed E-state index contributed by atoms with van der Waals surface area (Å²) < 4.78 is 15.9. The third-order valence-corrected chi connectivity index (χ3v) is 5.38. The molecule has 0 aliphatic carbocycles. The lowest BCUT2D eigenvalue weighted by atomic mass is 10.2. The fourth-order valence-corrected chi connectivity index (χ4v) is 3.85. The summed E-state index contributed by atoms with van der Waals surface area (Å²) in [5, 5.41) is 3.49. The van der Waals surface area contributed by atoms with Crippen LogP contribution < -0.4 is 10.2 Å². The van der Waals surface area contributed by atoms with Crippen LogP contribution in [0.25, 0.3) is 11.0 Å². The van der Waals surface area contributed by atoms with E-state index in [1.54, 1.807) is 30.3 Å². The average Bonchev–Trinajstić information content (AvgIpc) is 3.19. The SMILES string of the molecule is Cn1c(CCC(=O)NC2CC(=O)N(c3ccccc3F)C2)nc2cc(Cl)ccc21. The summed E-state index contributed by atoms with van der Waals surface area (Å²) in [6.07, 6.45) is 0.868. The number of rotatable bonds is 5. The smallest absolute Gasteiger partial charge is 0.229 e. The van der Waals surface area contributed by atoms with Gasteiger partial charge in [-0.2, -0.15) is 0 Å². The summed E-state index contributed by atoms with van der Waals surface area (Å²) in [6.45, 7) is 0.260. The minimum absolute atomic E-state index is 0.158. The summed E-state index contributed by atoms with van der Waals surface area (Å²) in [6, 6.07) is 11.3. The van der Waals surface area contributed by atoms with E-state index in [-0.39, 0.29) is 42.9 Å². The number of hydrogen-bond acceptors (Lipinski definition) is 3. The lowest BCUT2D eigenvalue weighted by Crippen LogP contribution is -2.37. The third-order valence-electron chi connectivity index (χ3n) is 5.14. The second-order valence-electron chi connectivity index (χ2n) is 7.14. The highest BCUT2D eigenvalue weighted by Gasteiger charge is 2.32. The minimum Gasteiger partial charge on any atom is -0.351 e. The van der Waals surface area contributed by atoms with Crippen molar-refractivity contribution in [3.8, 4) is 0 Å². The molecule has 1 aliphatic heterocycles. The molecule has 2 amide bonds. The topological polar surface area (TPSA) is 67.2 Å². The van der Waals surface area contributed by atoms with Crippen LogP contribution in [0.4, 0.5) is 10.1 Å². The summed E-state index contributed by atoms with van der Waals surface area (Å²) in [5.74, 6) is -0.0291. The number of anilines is 1. The number of carbonyl (C=O) groups excluding carboxylic acids is 2. The molecule has 4 rings (SSSR count). The van der Waals surface area contributed by atoms with E-state index >= 15 is 0 Å². The Bertz CT molecular complexity index is 1100. The first-order valence-corrected chi connectivity index (χ1v) is 9.75. The Kier molecular flexibility index (Phi) is 5.24. The first kappa shape index (κ1) is 19.4. The maximum Gasteiger partial charge on any atom is 0.229 e. The number of aromatic nitrogens is 2. The number of imidazole rings is 1. The van der Waals surface area contributed by atoms with Gasteiger partial charge in [0.25, 0.3) is 0 Å². The third kappa shape index (κ3) is 3.96. The Hall–Kier alpha value is -2.93. The zero-order chi connectivity index (χ0) is 20.5. The average molecular weight is 415 g/mol. The number of para-hydroxylation sites is 1. The van der Waals surface area contributed by atoms with Crippen LogP contribution in [-0.4, -0.2) is 34.0 Å². The molecule has 3 aromatic rings. The summed E-state index contributed by atoms with van der Waals surface area (Å²) in [7, 11) is 1.90. The molecule has 0 spiro atoms. The number of nitrogens with one attached hydrogen (secondary N) is 1. The molecule has 0 bridgehead atoms. The van der Waals surface area contributed by atoms with Crippen molar-refractivity contribution in [2.75, 3.05) is 11.4 Å². The fourth-order valence-electron chi connectivity index (χ4n) is 3.68. The van der Waals surface area contributed by atoms with E-state index in [4.69, 9.17) is 11.6 Å². The van der Waals surface area contributed by atoms with E-state index in [0.29, 0.717) is 11.4 Å². The van der Waals surface area contributed by atoms with Crippen LogP contribution in [0.1, 0.15) is 18.7 Å². The minimum atomic E-state index is -0.449. The number of carbonyl (C=O) groups is 2. The Morgan fingerprint density at radius 2 is 2.10 bits per heavy atom. The molecule has 1 aromatic heterocycles. The van der Waals surface area contributed by atoms with Crippen LogP contribution in [0.5, 0.6) is 0 Å². The largest absolute Gasteiger partial charge is 0.351 e. The Morgan fingerprint density at radius 1 is 1.31 bits per heavy atom. The van der Waals surface area contributed by atoms with Gasteiger partial charge in [-0.25, -0.2) is 9.37 Å². The summed E-state index contributed by atoms with van der Waals surface area (Å²) >= 11 is 6.01. The van der Waals surface area contributed by atoms with Gasteiger partial charge >= 0.3 is 0 Å². The van der Waals surface area contributed by atoms with Crippen LogP contribution in [0.2, 0.25) is 5.02 Å². The van der Waals surface area contributed by atoms with Crippen molar-refractivity contribution in [2.24, 2.45) is 7.05 Å². The molecule has 1 aliphatic rings. The highest BCUT2D eigenvalue weighted by atomic mass is 35.5. The van der Waals surface area contributed by atoms with Gasteiger partial charge in [0.05, 0.1) is 22.8 Å². The second kappa shape index (κ2) is 7.83. The first-order valence-electron chi connectivity index (χ1n) is 9.37. The van der Waals surface area contributed by atoms with Crippen molar-refractivity contribution in [2.45, 2.75) is 25.3 Å². The van der Waals surface area contributed by atoms with Gasteiger partial charge in [-0.3, -0.25) is 9.59 Å². The van der Waals surface area contributed by atoms with Gasteiger partial charge in [0.2, 0.25) is 11.8 Å². The lowest BCUT2D eigenvalue weighted by molar-refractivity contribution is -0.121. The van der Waals surface area contributed by atoms with Crippen LogP contribution >= 0.6 is 11.6 Å². The standard InChI is InChI=1S/C21H20ClFN4O2/c1-26-18-7-6-13(22)10-16(18)25-19(26)8-9-20(28)24-14-11-21(29)27(12-14)17-5-3-2-4-15(17)23/h2-7,10,14H,8-9,11-12H2,1H3,(H,24,28). The molecule has 1 fully saturated rings. The van der Waals surface area contributed by atoms with Crippen LogP contribution in [0.15, 0.2) is 42.5 Å². The second-order valence-corrected chi connectivity index (χ2v) is 7.58. The molecular formula is C21H20ClFN4O2. The quantitative estimate of drug-likeness (QED) is 0.697. The van der Waals surface area contributed by atoms with E-state index in [0.717, 1.165) is 16.9 Å². The maximum absolute atomic E-state index is 14.0. The number of amides is 2. The van der Waals surface area contributed by atoms with Crippen LogP contribution in [0, 0.1) is 5.82 Å².